The number of ether oxygens (including phenoxy) is 2. The first-order chi connectivity index (χ1) is 17.5. The summed E-state index contributed by atoms with van der Waals surface area (Å²) >= 11 is 6.18. The van der Waals surface area contributed by atoms with E-state index in [0.29, 0.717) is 27.8 Å². The Kier molecular flexibility index (Phi) is 6.40. The van der Waals surface area contributed by atoms with Crippen LogP contribution in [-0.4, -0.2) is 20.1 Å². The zero-order valence-corrected chi connectivity index (χ0v) is 20.8. The number of hydrogen-bond donors (Lipinski definition) is 1. The second kappa shape index (κ2) is 9.80. The predicted molar refractivity (Wildman–Crippen MR) is 146 cm³/mol. The highest BCUT2D eigenvalue weighted by atomic mass is 35.5. The van der Waals surface area contributed by atoms with Crippen molar-refractivity contribution < 1.29 is 18.7 Å². The Hall–Kier alpha value is -4.22. The maximum Gasteiger partial charge on any atom is 0.248 e. The Morgan fingerprint density at radius 2 is 1.69 bits per heavy atom. The normalized spacial score (nSPS) is 11.6. The first kappa shape index (κ1) is 23.5. The molecule has 6 heteroatoms. The van der Waals surface area contributed by atoms with Crippen LogP contribution in [0.5, 0.6) is 11.5 Å². The Morgan fingerprint density at radius 1 is 0.917 bits per heavy atom. The maximum absolute atomic E-state index is 12.8. The number of halogens is 1. The Labute approximate surface area is 213 Å². The van der Waals surface area contributed by atoms with E-state index in [4.69, 9.17) is 25.5 Å². The van der Waals surface area contributed by atoms with E-state index in [2.05, 4.69) is 35.6 Å². The molecule has 1 heterocycles. The van der Waals surface area contributed by atoms with E-state index in [1.54, 1.807) is 38.7 Å². The van der Waals surface area contributed by atoms with Gasteiger partial charge in [-0.2, -0.15) is 0 Å². The molecule has 0 unspecified atom stereocenters. The summed E-state index contributed by atoms with van der Waals surface area (Å²) in [5.74, 6) is 0.885. The predicted octanol–water partition coefficient (Wildman–Crippen LogP) is 7.97. The second-order valence-electron chi connectivity index (χ2n) is 8.43. The molecule has 4 aromatic carbocycles. The molecular weight excluding hydrogens is 474 g/mol. The minimum absolute atomic E-state index is 0.280. The van der Waals surface area contributed by atoms with Gasteiger partial charge in [-0.3, -0.25) is 4.79 Å². The number of rotatable bonds is 6. The highest BCUT2D eigenvalue weighted by molar-refractivity contribution is 6.32. The first-order valence-electron chi connectivity index (χ1n) is 11.4. The summed E-state index contributed by atoms with van der Waals surface area (Å²) in [6.45, 7) is 1.88. The summed E-state index contributed by atoms with van der Waals surface area (Å²) < 4.78 is 16.7. The maximum atomic E-state index is 12.8. The fourth-order valence-electron chi connectivity index (χ4n) is 4.31. The molecule has 0 spiro atoms. The number of carbonyl (C=O) groups excluding carboxylic acids is 1. The fraction of sp³-hybridized carbons (Fsp3) is 0.100. The van der Waals surface area contributed by atoms with Gasteiger partial charge < -0.3 is 19.2 Å². The van der Waals surface area contributed by atoms with Gasteiger partial charge in [0, 0.05) is 34.3 Å². The first-order valence-corrected chi connectivity index (χ1v) is 11.8. The topological polar surface area (TPSA) is 60.7 Å². The number of carbonyl (C=O) groups is 1. The van der Waals surface area contributed by atoms with Crippen molar-refractivity contribution in [3.63, 3.8) is 0 Å². The van der Waals surface area contributed by atoms with Crippen molar-refractivity contribution in [1.82, 2.24) is 0 Å². The van der Waals surface area contributed by atoms with Crippen LogP contribution < -0.4 is 14.8 Å². The standard InChI is InChI=1S/C30H24ClNO4/c1-18(12-30(33)32-22-10-11-27(34-2)26(31)14-22)23-15-24-25(17-36-29(24)16-28(23)35-3)21-9-8-19-6-4-5-7-20(19)13-21/h4-17H,1-3H3,(H,32,33)/b18-12+. The SMILES string of the molecule is COc1ccc(NC(=O)/C=C(\C)c2cc3c(-c4ccc5ccccc5c4)coc3cc2OC)cc1Cl. The lowest BCUT2D eigenvalue weighted by Gasteiger charge is -2.11. The van der Waals surface area contributed by atoms with Crippen molar-refractivity contribution in [2.45, 2.75) is 6.92 Å². The van der Waals surface area contributed by atoms with Gasteiger partial charge >= 0.3 is 0 Å². The average Bonchev–Trinajstić information content (AvgIpc) is 3.30. The van der Waals surface area contributed by atoms with Crippen LogP contribution in [0.25, 0.3) is 38.4 Å². The molecule has 1 aromatic heterocycles. The lowest BCUT2D eigenvalue weighted by Crippen LogP contribution is -2.08. The van der Waals surface area contributed by atoms with Crippen molar-refractivity contribution in [2.75, 3.05) is 19.5 Å². The number of fused-ring (bicyclic) bond motifs is 2. The van der Waals surface area contributed by atoms with Gasteiger partial charge in [-0.25, -0.2) is 0 Å². The molecule has 0 saturated carbocycles. The van der Waals surface area contributed by atoms with Gasteiger partial charge in [0.05, 0.1) is 25.5 Å². The zero-order valence-electron chi connectivity index (χ0n) is 20.1. The van der Waals surface area contributed by atoms with Crippen LogP contribution in [0.3, 0.4) is 0 Å². The van der Waals surface area contributed by atoms with E-state index in [9.17, 15) is 4.79 Å². The quantitative estimate of drug-likeness (QED) is 0.242. The summed E-state index contributed by atoms with van der Waals surface area (Å²) in [6.07, 6.45) is 3.30. The van der Waals surface area contributed by atoms with Crippen molar-refractivity contribution in [2.24, 2.45) is 0 Å². The summed E-state index contributed by atoms with van der Waals surface area (Å²) in [5, 5.41) is 6.54. The molecule has 36 heavy (non-hydrogen) atoms. The fourth-order valence-corrected chi connectivity index (χ4v) is 4.57. The molecule has 0 aliphatic carbocycles. The Balaban J connectivity index is 1.50. The number of anilines is 1. The van der Waals surface area contributed by atoms with E-state index in [1.807, 2.05) is 31.2 Å². The number of amides is 1. The van der Waals surface area contributed by atoms with Crippen LogP contribution in [0.2, 0.25) is 5.02 Å². The number of nitrogens with one attached hydrogen (secondary N) is 1. The molecule has 0 aliphatic heterocycles. The summed E-state index contributed by atoms with van der Waals surface area (Å²) in [5.41, 5.74) is 4.87. The van der Waals surface area contributed by atoms with Crippen LogP contribution in [-0.2, 0) is 4.79 Å². The average molecular weight is 498 g/mol. The van der Waals surface area contributed by atoms with Crippen LogP contribution in [0, 0.1) is 0 Å². The molecule has 180 valence electrons. The van der Waals surface area contributed by atoms with Crippen molar-refractivity contribution in [3.05, 3.63) is 95.7 Å². The zero-order chi connectivity index (χ0) is 25.2. The summed E-state index contributed by atoms with van der Waals surface area (Å²) in [6, 6.07) is 23.5. The third-order valence-electron chi connectivity index (χ3n) is 6.15. The summed E-state index contributed by atoms with van der Waals surface area (Å²) in [7, 11) is 3.14. The molecule has 0 radical (unpaired) electrons. The molecule has 0 fully saturated rings. The van der Waals surface area contributed by atoms with Crippen LogP contribution in [0.4, 0.5) is 5.69 Å². The van der Waals surface area contributed by atoms with Gasteiger partial charge in [-0.1, -0.05) is 48.0 Å². The van der Waals surface area contributed by atoms with E-state index in [0.717, 1.165) is 33.0 Å². The minimum Gasteiger partial charge on any atom is -0.496 e. The molecule has 0 bridgehead atoms. The van der Waals surface area contributed by atoms with Crippen LogP contribution in [0.15, 0.2) is 89.6 Å². The van der Waals surface area contributed by atoms with E-state index < -0.39 is 0 Å². The third kappa shape index (κ3) is 4.53. The van der Waals surface area contributed by atoms with Gasteiger partial charge in [-0.15, -0.1) is 0 Å². The second-order valence-corrected chi connectivity index (χ2v) is 8.83. The van der Waals surface area contributed by atoms with Crippen LogP contribution in [0.1, 0.15) is 12.5 Å². The van der Waals surface area contributed by atoms with E-state index >= 15 is 0 Å². The molecule has 0 aliphatic rings. The molecule has 1 amide bonds. The van der Waals surface area contributed by atoms with Gasteiger partial charge in [0.25, 0.3) is 0 Å². The van der Waals surface area contributed by atoms with Crippen LogP contribution >= 0.6 is 11.6 Å². The van der Waals surface area contributed by atoms with Gasteiger partial charge in [0.1, 0.15) is 17.1 Å². The van der Waals surface area contributed by atoms with Crippen molar-refractivity contribution >= 4 is 50.5 Å². The molecule has 5 nitrogen and oxygen atoms in total. The molecule has 0 atom stereocenters. The number of benzene rings is 4. The Bertz CT molecular complexity index is 1630. The lowest BCUT2D eigenvalue weighted by atomic mass is 9.97. The lowest BCUT2D eigenvalue weighted by molar-refractivity contribution is -0.111. The van der Waals surface area contributed by atoms with Gasteiger partial charge in [-0.05, 0) is 59.2 Å². The Morgan fingerprint density at radius 3 is 2.44 bits per heavy atom. The number of hydrogen-bond acceptors (Lipinski definition) is 4. The highest BCUT2D eigenvalue weighted by Crippen LogP contribution is 2.38. The monoisotopic (exact) mass is 497 g/mol. The molecule has 0 saturated heterocycles. The van der Waals surface area contributed by atoms with Gasteiger partial charge in [0.15, 0.2) is 0 Å². The summed E-state index contributed by atoms with van der Waals surface area (Å²) in [4.78, 5) is 12.8. The van der Waals surface area contributed by atoms with Gasteiger partial charge in [0.2, 0.25) is 5.91 Å². The number of methoxy groups -OCH3 is 2. The smallest absolute Gasteiger partial charge is 0.248 e. The molecular formula is C30H24ClNO4. The number of furan rings is 1. The largest absolute Gasteiger partial charge is 0.496 e. The number of allylic oxidation sites excluding steroid dienone is 1. The minimum atomic E-state index is -0.280. The van der Waals surface area contributed by atoms with E-state index in [-0.39, 0.29) is 5.91 Å². The van der Waals surface area contributed by atoms with Crippen molar-refractivity contribution in [1.29, 1.82) is 0 Å². The van der Waals surface area contributed by atoms with E-state index in [1.165, 1.54) is 11.5 Å². The molecule has 5 aromatic rings. The molecule has 1 N–H and O–H groups in total. The molecule has 5 rings (SSSR count). The highest BCUT2D eigenvalue weighted by Gasteiger charge is 2.15. The van der Waals surface area contributed by atoms with Crippen molar-refractivity contribution in [3.8, 4) is 22.6 Å². The third-order valence-corrected chi connectivity index (χ3v) is 6.44.